The average molecular weight is 217 g/mol. The van der Waals surface area contributed by atoms with Gasteiger partial charge >= 0.3 is 0 Å². The minimum Gasteiger partial charge on any atom is -0.401 e. The molecule has 0 aliphatic heterocycles. The zero-order valence-electron chi connectivity index (χ0n) is 8.32. The van der Waals surface area contributed by atoms with Gasteiger partial charge in [0.1, 0.15) is 16.6 Å². The van der Waals surface area contributed by atoms with E-state index in [0.29, 0.717) is 16.3 Å². The first kappa shape index (κ1) is 11.2. The highest BCUT2D eigenvalue weighted by molar-refractivity contribution is 7.81. The molecule has 0 saturated heterocycles. The highest BCUT2D eigenvalue weighted by Crippen LogP contribution is 2.09. The Balaban J connectivity index is 2.82. The number of para-hydroxylation sites is 1. The number of hydrogen-bond acceptors (Lipinski definition) is 3. The minimum absolute atomic E-state index is 0.314. The SMILES string of the molecule is C/C(N)=C(\C#N)C(=S)Nc1ccccc1. The van der Waals surface area contributed by atoms with Crippen LogP contribution in [0.4, 0.5) is 5.69 Å². The van der Waals surface area contributed by atoms with Crippen LogP contribution >= 0.6 is 12.2 Å². The summed E-state index contributed by atoms with van der Waals surface area (Å²) >= 11 is 5.06. The number of nitriles is 1. The number of nitrogens with zero attached hydrogens (tertiary/aromatic N) is 1. The molecule has 0 saturated carbocycles. The first-order valence-corrected chi connectivity index (χ1v) is 4.79. The van der Waals surface area contributed by atoms with Gasteiger partial charge in [-0.1, -0.05) is 30.4 Å². The van der Waals surface area contributed by atoms with E-state index in [-0.39, 0.29) is 0 Å². The summed E-state index contributed by atoms with van der Waals surface area (Å²) < 4.78 is 0. The maximum atomic E-state index is 8.83. The number of thiocarbonyl (C=S) groups is 1. The predicted octanol–water partition coefficient (Wildman–Crippen LogP) is 2.18. The third-order valence-corrected chi connectivity index (χ3v) is 2.07. The second-order valence-corrected chi connectivity index (χ2v) is 3.40. The van der Waals surface area contributed by atoms with E-state index in [9.17, 15) is 0 Å². The number of hydrogen-bond donors (Lipinski definition) is 2. The summed E-state index contributed by atoms with van der Waals surface area (Å²) in [4.78, 5) is 0.351. The summed E-state index contributed by atoms with van der Waals surface area (Å²) in [5.74, 6) is 0. The van der Waals surface area contributed by atoms with E-state index in [4.69, 9.17) is 23.2 Å². The van der Waals surface area contributed by atoms with Gasteiger partial charge in [0, 0.05) is 11.4 Å². The summed E-state index contributed by atoms with van der Waals surface area (Å²) in [6, 6.07) is 11.4. The molecule has 0 unspecified atom stereocenters. The molecule has 0 amide bonds. The first-order chi connectivity index (χ1) is 7.15. The Morgan fingerprint density at radius 3 is 2.47 bits per heavy atom. The number of nitrogens with two attached hydrogens (primary N) is 1. The molecule has 15 heavy (non-hydrogen) atoms. The summed E-state index contributed by atoms with van der Waals surface area (Å²) in [5, 5.41) is 11.8. The molecule has 0 radical (unpaired) electrons. The molecule has 0 aliphatic carbocycles. The molecule has 0 aromatic heterocycles. The Morgan fingerprint density at radius 2 is 2.00 bits per heavy atom. The van der Waals surface area contributed by atoms with E-state index in [1.807, 2.05) is 36.4 Å². The third-order valence-electron chi connectivity index (χ3n) is 1.76. The lowest BCUT2D eigenvalue weighted by Gasteiger charge is -2.07. The highest BCUT2D eigenvalue weighted by atomic mass is 32.1. The quantitative estimate of drug-likeness (QED) is 0.453. The fourth-order valence-electron chi connectivity index (χ4n) is 1.03. The van der Waals surface area contributed by atoms with Gasteiger partial charge < -0.3 is 11.1 Å². The van der Waals surface area contributed by atoms with E-state index in [0.717, 1.165) is 5.69 Å². The molecule has 1 aromatic carbocycles. The van der Waals surface area contributed by atoms with Gasteiger partial charge in [-0.15, -0.1) is 0 Å². The van der Waals surface area contributed by atoms with E-state index in [1.165, 1.54) is 0 Å². The molecule has 76 valence electrons. The Bertz CT molecular complexity index is 425. The summed E-state index contributed by atoms with van der Waals surface area (Å²) in [6.07, 6.45) is 0. The molecule has 3 nitrogen and oxygen atoms in total. The average Bonchev–Trinajstić information content (AvgIpc) is 2.19. The molecule has 0 heterocycles. The fourth-order valence-corrected chi connectivity index (χ4v) is 1.36. The van der Waals surface area contributed by atoms with Crippen LogP contribution in [0.1, 0.15) is 6.92 Å². The molecular weight excluding hydrogens is 206 g/mol. The molecule has 0 atom stereocenters. The summed E-state index contributed by atoms with van der Waals surface area (Å²) in [6.45, 7) is 1.65. The van der Waals surface area contributed by atoms with E-state index >= 15 is 0 Å². The van der Waals surface area contributed by atoms with Gasteiger partial charge in [0.25, 0.3) is 0 Å². The number of anilines is 1. The van der Waals surface area contributed by atoms with Crippen molar-refractivity contribution in [3.8, 4) is 6.07 Å². The molecule has 4 heteroatoms. The monoisotopic (exact) mass is 217 g/mol. The molecule has 0 fully saturated rings. The maximum Gasteiger partial charge on any atom is 0.123 e. The second kappa shape index (κ2) is 5.13. The van der Waals surface area contributed by atoms with Crippen LogP contribution in [0.2, 0.25) is 0 Å². The standard InChI is InChI=1S/C11H11N3S/c1-8(13)10(7-12)11(15)14-9-5-3-2-4-6-9/h2-6H,13H2,1H3,(H,14,15)/b10-8-. The van der Waals surface area contributed by atoms with Crippen molar-refractivity contribution in [3.05, 3.63) is 41.6 Å². The van der Waals surface area contributed by atoms with Gasteiger partial charge in [-0.25, -0.2) is 0 Å². The van der Waals surface area contributed by atoms with Crippen LogP contribution in [0.15, 0.2) is 41.6 Å². The molecular formula is C11H11N3S. The lowest BCUT2D eigenvalue weighted by Crippen LogP contribution is -2.14. The van der Waals surface area contributed by atoms with Gasteiger partial charge in [0.15, 0.2) is 0 Å². The van der Waals surface area contributed by atoms with Gasteiger partial charge in [-0.2, -0.15) is 5.26 Å². The molecule has 0 spiro atoms. The molecule has 0 aliphatic rings. The summed E-state index contributed by atoms with van der Waals surface area (Å²) in [5.41, 5.74) is 7.11. The topological polar surface area (TPSA) is 61.8 Å². The zero-order chi connectivity index (χ0) is 11.3. The minimum atomic E-state index is 0.314. The van der Waals surface area contributed by atoms with Crippen LogP contribution in [0.5, 0.6) is 0 Å². The normalized spacial score (nSPS) is 11.2. The van der Waals surface area contributed by atoms with E-state index < -0.39 is 0 Å². The number of benzene rings is 1. The molecule has 1 rings (SSSR count). The fraction of sp³-hybridized carbons (Fsp3) is 0.0909. The van der Waals surface area contributed by atoms with Gasteiger partial charge in [-0.3, -0.25) is 0 Å². The smallest absolute Gasteiger partial charge is 0.123 e. The van der Waals surface area contributed by atoms with Gasteiger partial charge in [-0.05, 0) is 19.1 Å². The van der Waals surface area contributed by atoms with Crippen LogP contribution < -0.4 is 11.1 Å². The van der Waals surface area contributed by atoms with Crippen molar-refractivity contribution in [2.75, 3.05) is 5.32 Å². The highest BCUT2D eigenvalue weighted by Gasteiger charge is 2.06. The van der Waals surface area contributed by atoms with Crippen LogP contribution in [0.3, 0.4) is 0 Å². The van der Waals surface area contributed by atoms with Crippen molar-refractivity contribution in [1.29, 1.82) is 5.26 Å². The van der Waals surface area contributed by atoms with Crippen molar-refractivity contribution in [2.45, 2.75) is 6.92 Å². The van der Waals surface area contributed by atoms with Gasteiger partial charge in [0.05, 0.1) is 0 Å². The van der Waals surface area contributed by atoms with Crippen molar-refractivity contribution in [3.63, 3.8) is 0 Å². The van der Waals surface area contributed by atoms with Crippen molar-refractivity contribution in [2.24, 2.45) is 5.73 Å². The van der Waals surface area contributed by atoms with E-state index in [2.05, 4.69) is 5.32 Å². The van der Waals surface area contributed by atoms with Crippen LogP contribution in [0.25, 0.3) is 0 Å². The second-order valence-electron chi connectivity index (χ2n) is 2.99. The number of rotatable bonds is 2. The maximum absolute atomic E-state index is 8.83. The van der Waals surface area contributed by atoms with Crippen molar-refractivity contribution in [1.82, 2.24) is 0 Å². The molecule has 3 N–H and O–H groups in total. The van der Waals surface area contributed by atoms with Crippen LogP contribution in [0, 0.1) is 11.3 Å². The number of allylic oxidation sites excluding steroid dienone is 1. The molecule has 1 aromatic rings. The zero-order valence-corrected chi connectivity index (χ0v) is 9.14. The first-order valence-electron chi connectivity index (χ1n) is 4.38. The van der Waals surface area contributed by atoms with Gasteiger partial charge in [0.2, 0.25) is 0 Å². The Labute approximate surface area is 94.2 Å². The van der Waals surface area contributed by atoms with Crippen LogP contribution in [-0.4, -0.2) is 4.99 Å². The summed E-state index contributed by atoms with van der Waals surface area (Å²) in [7, 11) is 0. The Hall–Kier alpha value is -1.86. The van der Waals surface area contributed by atoms with Crippen LogP contribution in [-0.2, 0) is 0 Å². The third kappa shape index (κ3) is 3.08. The van der Waals surface area contributed by atoms with E-state index in [1.54, 1.807) is 6.92 Å². The Kier molecular flexibility index (Phi) is 3.83. The lowest BCUT2D eigenvalue weighted by molar-refractivity contribution is 1.29. The molecule has 0 bridgehead atoms. The van der Waals surface area contributed by atoms with Crippen molar-refractivity contribution < 1.29 is 0 Å². The largest absolute Gasteiger partial charge is 0.401 e. The van der Waals surface area contributed by atoms with Crippen molar-refractivity contribution >= 4 is 22.9 Å². The lowest BCUT2D eigenvalue weighted by atomic mass is 10.2. The Morgan fingerprint density at radius 1 is 1.40 bits per heavy atom. The number of nitrogens with one attached hydrogen (secondary N) is 1. The predicted molar refractivity (Wildman–Crippen MR) is 65.2 cm³/mol.